The number of rotatable bonds is 2. The van der Waals surface area contributed by atoms with Crippen LogP contribution in [0.3, 0.4) is 0 Å². The van der Waals surface area contributed by atoms with Crippen LogP contribution in [0.1, 0.15) is 16.1 Å². The monoisotopic (exact) mass is 325 g/mol. The standard InChI is InChI=1S/C12H9BrClN3O/c1-7-2-3-8(4-9(7)13)16-12(18)10-5-15-6-11(14)17-10/h2-6H,1H3,(H,16,18). The van der Waals surface area contributed by atoms with Crippen LogP contribution in [-0.2, 0) is 0 Å². The van der Waals surface area contributed by atoms with Gasteiger partial charge in [-0.1, -0.05) is 33.6 Å². The fourth-order valence-electron chi connectivity index (χ4n) is 1.32. The molecule has 4 nitrogen and oxygen atoms in total. The summed E-state index contributed by atoms with van der Waals surface area (Å²) < 4.78 is 0.928. The molecule has 0 bridgehead atoms. The number of halogens is 2. The van der Waals surface area contributed by atoms with Gasteiger partial charge >= 0.3 is 0 Å². The molecule has 1 heterocycles. The fourth-order valence-corrected chi connectivity index (χ4v) is 1.84. The van der Waals surface area contributed by atoms with Gasteiger partial charge in [-0.25, -0.2) is 4.98 Å². The third-order valence-corrected chi connectivity index (χ3v) is 3.30. The van der Waals surface area contributed by atoms with Crippen LogP contribution >= 0.6 is 27.5 Å². The maximum atomic E-state index is 11.9. The van der Waals surface area contributed by atoms with Crippen LogP contribution in [0.5, 0.6) is 0 Å². The molecule has 0 saturated carbocycles. The summed E-state index contributed by atoms with van der Waals surface area (Å²) in [6, 6.07) is 5.55. The Balaban J connectivity index is 2.18. The zero-order chi connectivity index (χ0) is 13.1. The number of carbonyl (C=O) groups excluding carboxylic acids is 1. The van der Waals surface area contributed by atoms with Gasteiger partial charge in [0.05, 0.1) is 12.4 Å². The number of aromatic nitrogens is 2. The predicted molar refractivity (Wildman–Crippen MR) is 73.9 cm³/mol. The number of carbonyl (C=O) groups is 1. The highest BCUT2D eigenvalue weighted by Crippen LogP contribution is 2.20. The quantitative estimate of drug-likeness (QED) is 0.919. The van der Waals surface area contributed by atoms with Gasteiger partial charge in [-0.05, 0) is 24.6 Å². The maximum absolute atomic E-state index is 11.9. The van der Waals surface area contributed by atoms with E-state index in [9.17, 15) is 4.79 Å². The lowest BCUT2D eigenvalue weighted by molar-refractivity contribution is 0.102. The van der Waals surface area contributed by atoms with E-state index in [1.54, 1.807) is 0 Å². The summed E-state index contributed by atoms with van der Waals surface area (Å²) in [5.74, 6) is -0.347. The van der Waals surface area contributed by atoms with E-state index in [0.717, 1.165) is 10.0 Å². The molecular formula is C12H9BrClN3O. The molecular weight excluding hydrogens is 318 g/mol. The molecule has 6 heteroatoms. The molecule has 0 atom stereocenters. The lowest BCUT2D eigenvalue weighted by atomic mass is 10.2. The Morgan fingerprint density at radius 3 is 2.83 bits per heavy atom. The van der Waals surface area contributed by atoms with Crippen molar-refractivity contribution < 1.29 is 4.79 Å². The highest BCUT2D eigenvalue weighted by Gasteiger charge is 2.09. The van der Waals surface area contributed by atoms with Gasteiger partial charge in [0.15, 0.2) is 0 Å². The number of nitrogens with zero attached hydrogens (tertiary/aromatic N) is 2. The summed E-state index contributed by atoms with van der Waals surface area (Å²) in [7, 11) is 0. The van der Waals surface area contributed by atoms with Crippen molar-refractivity contribution in [1.29, 1.82) is 0 Å². The number of nitrogens with one attached hydrogen (secondary N) is 1. The van der Waals surface area contributed by atoms with Crippen LogP contribution in [0.15, 0.2) is 35.1 Å². The minimum atomic E-state index is -0.347. The Labute approximate surface area is 118 Å². The van der Waals surface area contributed by atoms with E-state index in [1.165, 1.54) is 12.4 Å². The minimum Gasteiger partial charge on any atom is -0.321 e. The largest absolute Gasteiger partial charge is 0.321 e. The van der Waals surface area contributed by atoms with E-state index >= 15 is 0 Å². The highest BCUT2D eigenvalue weighted by molar-refractivity contribution is 9.10. The molecule has 1 amide bonds. The third-order valence-electron chi connectivity index (χ3n) is 2.27. The van der Waals surface area contributed by atoms with Crippen molar-refractivity contribution in [3.8, 4) is 0 Å². The summed E-state index contributed by atoms with van der Waals surface area (Å²) in [4.78, 5) is 19.6. The van der Waals surface area contributed by atoms with Crippen LogP contribution in [0, 0.1) is 6.92 Å². The van der Waals surface area contributed by atoms with Gasteiger partial charge in [0.1, 0.15) is 10.8 Å². The van der Waals surface area contributed by atoms with E-state index in [2.05, 4.69) is 31.2 Å². The molecule has 0 saturated heterocycles. The molecule has 1 aromatic carbocycles. The number of hydrogen-bond acceptors (Lipinski definition) is 3. The number of hydrogen-bond donors (Lipinski definition) is 1. The highest BCUT2D eigenvalue weighted by atomic mass is 79.9. The molecule has 0 aliphatic carbocycles. The van der Waals surface area contributed by atoms with Crippen LogP contribution < -0.4 is 5.32 Å². The van der Waals surface area contributed by atoms with Crippen molar-refractivity contribution in [2.75, 3.05) is 5.32 Å². The summed E-state index contributed by atoms with van der Waals surface area (Å²) in [5.41, 5.74) is 1.95. The fraction of sp³-hybridized carbons (Fsp3) is 0.0833. The van der Waals surface area contributed by atoms with Gasteiger partial charge in [0.2, 0.25) is 0 Å². The number of benzene rings is 1. The second-order valence-corrected chi connectivity index (χ2v) is 4.89. The summed E-state index contributed by atoms with van der Waals surface area (Å²) >= 11 is 9.08. The zero-order valence-corrected chi connectivity index (χ0v) is 11.8. The predicted octanol–water partition coefficient (Wildman–Crippen LogP) is 3.45. The molecule has 0 radical (unpaired) electrons. The smallest absolute Gasteiger partial charge is 0.275 e. The molecule has 0 fully saturated rings. The average molecular weight is 327 g/mol. The first-order valence-corrected chi connectivity index (χ1v) is 6.28. The lowest BCUT2D eigenvalue weighted by Gasteiger charge is -2.06. The Kier molecular flexibility index (Phi) is 3.93. The van der Waals surface area contributed by atoms with E-state index in [-0.39, 0.29) is 16.8 Å². The Bertz CT molecular complexity index is 604. The van der Waals surface area contributed by atoms with Crippen molar-refractivity contribution in [2.24, 2.45) is 0 Å². The first-order chi connectivity index (χ1) is 8.56. The first-order valence-electron chi connectivity index (χ1n) is 5.11. The first kappa shape index (κ1) is 13.0. The number of anilines is 1. The second kappa shape index (κ2) is 5.46. The Morgan fingerprint density at radius 1 is 1.39 bits per heavy atom. The normalized spacial score (nSPS) is 10.2. The summed E-state index contributed by atoms with van der Waals surface area (Å²) in [6.07, 6.45) is 2.74. The topological polar surface area (TPSA) is 54.9 Å². The average Bonchev–Trinajstić information content (AvgIpc) is 2.34. The molecule has 2 rings (SSSR count). The minimum absolute atomic E-state index is 0.180. The molecule has 0 spiro atoms. The van der Waals surface area contributed by atoms with Gasteiger partial charge in [-0.2, -0.15) is 0 Å². The maximum Gasteiger partial charge on any atom is 0.275 e. The van der Waals surface area contributed by atoms with Gasteiger partial charge < -0.3 is 5.32 Å². The molecule has 0 aliphatic rings. The third kappa shape index (κ3) is 3.05. The van der Waals surface area contributed by atoms with Gasteiger partial charge in [-0.15, -0.1) is 0 Å². The Hall–Kier alpha value is -1.46. The molecule has 0 unspecified atom stereocenters. The molecule has 92 valence electrons. The lowest BCUT2D eigenvalue weighted by Crippen LogP contribution is -2.14. The zero-order valence-electron chi connectivity index (χ0n) is 9.45. The van der Waals surface area contributed by atoms with E-state index < -0.39 is 0 Å². The van der Waals surface area contributed by atoms with E-state index in [0.29, 0.717) is 5.69 Å². The molecule has 2 aromatic rings. The number of amides is 1. The van der Waals surface area contributed by atoms with Gasteiger partial charge in [0, 0.05) is 10.2 Å². The summed E-state index contributed by atoms with van der Waals surface area (Å²) in [5, 5.41) is 2.91. The SMILES string of the molecule is Cc1ccc(NC(=O)c2cncc(Cl)n2)cc1Br. The molecule has 18 heavy (non-hydrogen) atoms. The van der Waals surface area contributed by atoms with Crippen LogP contribution in [0.25, 0.3) is 0 Å². The summed E-state index contributed by atoms with van der Waals surface area (Å²) in [6.45, 7) is 1.97. The van der Waals surface area contributed by atoms with Crippen molar-refractivity contribution in [2.45, 2.75) is 6.92 Å². The molecule has 1 N–H and O–H groups in total. The van der Waals surface area contributed by atoms with Crippen molar-refractivity contribution in [1.82, 2.24) is 9.97 Å². The molecule has 0 aliphatic heterocycles. The van der Waals surface area contributed by atoms with E-state index in [4.69, 9.17) is 11.6 Å². The van der Waals surface area contributed by atoms with Crippen molar-refractivity contribution in [3.05, 3.63) is 51.5 Å². The second-order valence-electron chi connectivity index (χ2n) is 3.65. The van der Waals surface area contributed by atoms with Crippen LogP contribution in [0.4, 0.5) is 5.69 Å². The number of aryl methyl sites for hydroxylation is 1. The Morgan fingerprint density at radius 2 is 2.17 bits per heavy atom. The van der Waals surface area contributed by atoms with Crippen molar-refractivity contribution >= 4 is 39.1 Å². The van der Waals surface area contributed by atoms with Crippen molar-refractivity contribution in [3.63, 3.8) is 0 Å². The van der Waals surface area contributed by atoms with Crippen LogP contribution in [0.2, 0.25) is 5.15 Å². The van der Waals surface area contributed by atoms with E-state index in [1.807, 2.05) is 25.1 Å². The van der Waals surface area contributed by atoms with Gasteiger partial charge in [0.25, 0.3) is 5.91 Å². The molecule has 1 aromatic heterocycles. The van der Waals surface area contributed by atoms with Gasteiger partial charge in [-0.3, -0.25) is 9.78 Å². The van der Waals surface area contributed by atoms with Crippen LogP contribution in [-0.4, -0.2) is 15.9 Å².